The number of ether oxygens (including phenoxy) is 6. The van der Waals surface area contributed by atoms with E-state index in [2.05, 4.69) is 0 Å². The van der Waals surface area contributed by atoms with E-state index >= 15 is 0 Å². The smallest absolute Gasteiger partial charge is 0.351 e. The Morgan fingerprint density at radius 2 is 1.00 bits per heavy atom. The number of para-hydroxylation sites is 4. The second kappa shape index (κ2) is 11.3. The molecule has 38 heavy (non-hydrogen) atoms. The number of hydrogen-bond donors (Lipinski definition) is 0. The number of carbonyl (C=O) groups is 4. The molecule has 2 atom stereocenters. The van der Waals surface area contributed by atoms with Crippen molar-refractivity contribution >= 4 is 23.8 Å². The van der Waals surface area contributed by atoms with Gasteiger partial charge in [-0.05, 0) is 24.3 Å². The van der Waals surface area contributed by atoms with Crippen LogP contribution in [-0.4, -0.2) is 98.4 Å². The zero-order valence-electron chi connectivity index (χ0n) is 20.4. The first-order valence-electron chi connectivity index (χ1n) is 12.1. The van der Waals surface area contributed by atoms with Crippen molar-refractivity contribution in [3.05, 3.63) is 48.5 Å². The van der Waals surface area contributed by atoms with Gasteiger partial charge in [0.1, 0.15) is 13.2 Å². The zero-order valence-corrected chi connectivity index (χ0v) is 20.4. The van der Waals surface area contributed by atoms with Crippen molar-refractivity contribution in [1.82, 2.24) is 9.80 Å². The van der Waals surface area contributed by atoms with Crippen molar-refractivity contribution < 1.29 is 47.6 Å². The van der Waals surface area contributed by atoms with E-state index in [4.69, 9.17) is 28.4 Å². The van der Waals surface area contributed by atoms with E-state index in [0.29, 0.717) is 23.0 Å². The lowest BCUT2D eigenvalue weighted by Gasteiger charge is -2.34. The maximum atomic E-state index is 12.5. The molecule has 12 nitrogen and oxygen atoms in total. The van der Waals surface area contributed by atoms with Gasteiger partial charge in [0.2, 0.25) is 12.2 Å². The van der Waals surface area contributed by atoms with Crippen molar-refractivity contribution in [3.63, 3.8) is 0 Å². The molecule has 2 amide bonds. The summed E-state index contributed by atoms with van der Waals surface area (Å²) in [4.78, 5) is 52.7. The molecule has 200 valence electrons. The Bertz CT molecular complexity index is 1120. The minimum Gasteiger partial charge on any atom is -0.485 e. The van der Waals surface area contributed by atoms with Crippen molar-refractivity contribution in [2.75, 3.05) is 52.6 Å². The minimum absolute atomic E-state index is 0.0113. The van der Waals surface area contributed by atoms with Crippen LogP contribution in [0.5, 0.6) is 23.0 Å². The van der Waals surface area contributed by atoms with Crippen molar-refractivity contribution in [1.29, 1.82) is 0 Å². The second-order valence-corrected chi connectivity index (χ2v) is 8.71. The molecule has 3 aliphatic rings. The van der Waals surface area contributed by atoms with E-state index in [1.807, 2.05) is 0 Å². The quantitative estimate of drug-likeness (QED) is 0.488. The molecule has 1 fully saturated rings. The van der Waals surface area contributed by atoms with Crippen LogP contribution in [0.2, 0.25) is 0 Å². The van der Waals surface area contributed by atoms with E-state index < -0.39 is 37.4 Å². The Morgan fingerprint density at radius 1 is 0.632 bits per heavy atom. The predicted octanol–water partition coefficient (Wildman–Crippen LogP) is 0.424. The normalized spacial score (nSPS) is 19.8. The second-order valence-electron chi connectivity index (χ2n) is 8.71. The largest absolute Gasteiger partial charge is 0.485 e. The fourth-order valence-corrected chi connectivity index (χ4v) is 4.11. The summed E-state index contributed by atoms with van der Waals surface area (Å²) < 4.78 is 32.4. The summed E-state index contributed by atoms with van der Waals surface area (Å²) in [5, 5.41) is 0. The Balaban J connectivity index is 1.00. The van der Waals surface area contributed by atoms with E-state index in [0.717, 1.165) is 0 Å². The van der Waals surface area contributed by atoms with Gasteiger partial charge < -0.3 is 38.2 Å². The van der Waals surface area contributed by atoms with E-state index in [1.165, 1.54) is 9.80 Å². The van der Waals surface area contributed by atoms with Gasteiger partial charge in [0.05, 0.1) is 0 Å². The highest BCUT2D eigenvalue weighted by molar-refractivity contribution is 5.84. The molecule has 0 spiro atoms. The summed E-state index contributed by atoms with van der Waals surface area (Å²) >= 11 is 0. The van der Waals surface area contributed by atoms with E-state index in [-0.39, 0.29) is 51.2 Å². The molecule has 1 saturated heterocycles. The van der Waals surface area contributed by atoms with Gasteiger partial charge in [-0.15, -0.1) is 0 Å². The Morgan fingerprint density at radius 3 is 1.39 bits per heavy atom. The fraction of sp³-hybridized carbons (Fsp3) is 0.385. The number of piperazine rings is 1. The number of hydrogen-bond acceptors (Lipinski definition) is 10. The molecular weight excluding hydrogens is 500 g/mol. The van der Waals surface area contributed by atoms with Gasteiger partial charge >= 0.3 is 11.9 Å². The maximum absolute atomic E-state index is 12.5. The molecule has 0 unspecified atom stereocenters. The lowest BCUT2D eigenvalue weighted by molar-refractivity contribution is -0.162. The van der Waals surface area contributed by atoms with Crippen LogP contribution < -0.4 is 18.9 Å². The first kappa shape index (κ1) is 25.2. The van der Waals surface area contributed by atoms with Crippen molar-refractivity contribution in [2.24, 2.45) is 0 Å². The lowest BCUT2D eigenvalue weighted by atomic mass is 10.2. The molecule has 0 radical (unpaired) electrons. The molecule has 5 rings (SSSR count). The molecular formula is C26H26N2O10. The van der Waals surface area contributed by atoms with Crippen molar-refractivity contribution in [3.8, 4) is 23.0 Å². The number of rotatable bonds is 6. The molecule has 0 bridgehead atoms. The molecule has 0 saturated carbocycles. The van der Waals surface area contributed by atoms with Gasteiger partial charge in [-0.1, -0.05) is 24.3 Å². The average Bonchev–Trinajstić information content (AvgIpc) is 2.97. The highest BCUT2D eigenvalue weighted by Crippen LogP contribution is 2.32. The number of fused-ring (bicyclic) bond motifs is 2. The molecule has 0 aromatic heterocycles. The van der Waals surface area contributed by atoms with Crippen LogP contribution in [0.1, 0.15) is 0 Å². The number of esters is 2. The third kappa shape index (κ3) is 5.74. The van der Waals surface area contributed by atoms with Gasteiger partial charge in [-0.25, -0.2) is 9.59 Å². The Labute approximate surface area is 217 Å². The van der Waals surface area contributed by atoms with Crippen LogP contribution in [0.4, 0.5) is 0 Å². The van der Waals surface area contributed by atoms with Crippen LogP contribution in [0.15, 0.2) is 48.5 Å². The van der Waals surface area contributed by atoms with Crippen LogP contribution in [0.3, 0.4) is 0 Å². The lowest BCUT2D eigenvalue weighted by Crippen LogP contribution is -2.52. The Hall–Kier alpha value is -4.48. The molecule has 0 aliphatic carbocycles. The summed E-state index contributed by atoms with van der Waals surface area (Å²) in [5.74, 6) is -0.216. The van der Waals surface area contributed by atoms with Crippen molar-refractivity contribution in [2.45, 2.75) is 12.2 Å². The first-order valence-corrected chi connectivity index (χ1v) is 12.1. The summed E-state index contributed by atoms with van der Waals surface area (Å²) in [6, 6.07) is 13.9. The third-order valence-corrected chi connectivity index (χ3v) is 6.20. The van der Waals surface area contributed by atoms with Gasteiger partial charge in [0, 0.05) is 26.2 Å². The first-order chi connectivity index (χ1) is 18.5. The van der Waals surface area contributed by atoms with Gasteiger partial charge in [0.25, 0.3) is 11.8 Å². The third-order valence-electron chi connectivity index (χ3n) is 6.20. The summed E-state index contributed by atoms with van der Waals surface area (Å²) in [6.45, 7) is 0.0968. The van der Waals surface area contributed by atoms with Crippen LogP contribution in [0.25, 0.3) is 0 Å². The van der Waals surface area contributed by atoms with E-state index in [9.17, 15) is 19.2 Å². The molecule has 3 heterocycles. The number of nitrogens with zero attached hydrogens (tertiary/aromatic N) is 2. The van der Waals surface area contributed by atoms with Crippen LogP contribution in [0, 0.1) is 0 Å². The molecule has 0 N–H and O–H groups in total. The SMILES string of the molecule is O=C(OCC(=O)N1CCN(C(=O)COC(=O)[C@H]2COc3ccccc3O2)CC1)[C@@H]1COc2ccccc2O1. The van der Waals surface area contributed by atoms with Gasteiger partial charge in [-0.3, -0.25) is 9.59 Å². The summed E-state index contributed by atoms with van der Waals surface area (Å²) in [6.07, 6.45) is -1.93. The highest BCUT2D eigenvalue weighted by Gasteiger charge is 2.32. The maximum Gasteiger partial charge on any atom is 0.351 e. The average molecular weight is 526 g/mol. The molecule has 2 aromatic carbocycles. The molecule has 2 aromatic rings. The van der Waals surface area contributed by atoms with E-state index in [1.54, 1.807) is 48.5 Å². The van der Waals surface area contributed by atoms with Crippen LogP contribution in [-0.2, 0) is 28.7 Å². The zero-order chi connectivity index (χ0) is 26.5. The monoisotopic (exact) mass is 526 g/mol. The number of benzene rings is 2. The summed E-state index contributed by atoms with van der Waals surface area (Å²) in [5.41, 5.74) is 0. The number of amides is 2. The number of carbonyl (C=O) groups excluding carboxylic acids is 4. The summed E-state index contributed by atoms with van der Waals surface area (Å²) in [7, 11) is 0. The minimum atomic E-state index is -0.963. The fourth-order valence-electron chi connectivity index (χ4n) is 4.11. The molecule has 12 heteroatoms. The topological polar surface area (TPSA) is 130 Å². The standard InChI is InChI=1S/C26H26N2O10/c29-23(15-35-25(31)21-13-33-17-5-1-3-7-19(17)37-21)27-9-11-28(12-10-27)24(30)16-36-26(32)22-14-34-18-6-2-4-8-20(18)38-22/h1-8,21-22H,9-16H2/t21-,22+. The molecule has 3 aliphatic heterocycles. The Kier molecular flexibility index (Phi) is 7.47. The van der Waals surface area contributed by atoms with Gasteiger partial charge in [-0.2, -0.15) is 0 Å². The van der Waals surface area contributed by atoms with Gasteiger partial charge in [0.15, 0.2) is 36.2 Å². The highest BCUT2D eigenvalue weighted by atomic mass is 16.6. The predicted molar refractivity (Wildman–Crippen MR) is 128 cm³/mol. The van der Waals surface area contributed by atoms with Crippen LogP contribution >= 0.6 is 0 Å².